The maximum Gasteiger partial charge on any atom is 0.318 e. The SMILES string of the molecule is CCCC(C)NC(C)C(=O)NC(N)=O. The molecule has 0 bridgehead atoms. The summed E-state index contributed by atoms with van der Waals surface area (Å²) < 4.78 is 0. The number of hydrogen-bond acceptors (Lipinski definition) is 3. The molecule has 0 aromatic heterocycles. The number of amides is 3. The Kier molecular flexibility index (Phi) is 5.87. The maximum absolute atomic E-state index is 11.2. The van der Waals surface area contributed by atoms with Crippen LogP contribution in [-0.4, -0.2) is 24.0 Å². The zero-order chi connectivity index (χ0) is 11.1. The normalized spacial score (nSPS) is 14.5. The van der Waals surface area contributed by atoms with Crippen LogP contribution in [0.25, 0.3) is 0 Å². The third kappa shape index (κ3) is 5.53. The van der Waals surface area contributed by atoms with Gasteiger partial charge in [0.25, 0.3) is 0 Å². The van der Waals surface area contributed by atoms with Crippen LogP contribution in [-0.2, 0) is 4.79 Å². The molecule has 0 fully saturated rings. The molecular weight excluding hydrogens is 182 g/mol. The van der Waals surface area contributed by atoms with E-state index in [1.54, 1.807) is 6.92 Å². The highest BCUT2D eigenvalue weighted by Gasteiger charge is 2.15. The lowest BCUT2D eigenvalue weighted by atomic mass is 10.1. The molecule has 0 aliphatic heterocycles. The lowest BCUT2D eigenvalue weighted by Crippen LogP contribution is -2.48. The van der Waals surface area contributed by atoms with Crippen molar-refractivity contribution in [3.8, 4) is 0 Å². The minimum Gasteiger partial charge on any atom is -0.351 e. The van der Waals surface area contributed by atoms with Crippen molar-refractivity contribution in [3.05, 3.63) is 0 Å². The minimum atomic E-state index is -0.813. The Morgan fingerprint density at radius 1 is 1.36 bits per heavy atom. The van der Waals surface area contributed by atoms with Gasteiger partial charge in [0.1, 0.15) is 0 Å². The molecule has 0 aliphatic carbocycles. The standard InChI is InChI=1S/C9H19N3O2/c1-4-5-6(2)11-7(3)8(13)12-9(10)14/h6-7,11H,4-5H2,1-3H3,(H3,10,12,13,14). The fourth-order valence-corrected chi connectivity index (χ4v) is 1.25. The average molecular weight is 201 g/mol. The summed E-state index contributed by atoms with van der Waals surface area (Å²) in [6, 6.07) is -0.954. The molecule has 3 amide bonds. The van der Waals surface area contributed by atoms with Gasteiger partial charge in [0.2, 0.25) is 5.91 Å². The van der Waals surface area contributed by atoms with E-state index >= 15 is 0 Å². The summed E-state index contributed by atoms with van der Waals surface area (Å²) in [5, 5.41) is 5.09. The first-order valence-corrected chi connectivity index (χ1v) is 4.83. The van der Waals surface area contributed by atoms with Gasteiger partial charge in [0.15, 0.2) is 0 Å². The van der Waals surface area contributed by atoms with Crippen LogP contribution in [0.2, 0.25) is 0 Å². The largest absolute Gasteiger partial charge is 0.351 e. The van der Waals surface area contributed by atoms with Crippen LogP contribution >= 0.6 is 0 Å². The van der Waals surface area contributed by atoms with Gasteiger partial charge in [-0.25, -0.2) is 4.79 Å². The summed E-state index contributed by atoms with van der Waals surface area (Å²) in [7, 11) is 0. The maximum atomic E-state index is 11.2. The lowest BCUT2D eigenvalue weighted by molar-refractivity contribution is -0.121. The van der Waals surface area contributed by atoms with E-state index in [9.17, 15) is 9.59 Å². The second-order valence-electron chi connectivity index (χ2n) is 3.43. The predicted molar refractivity (Wildman–Crippen MR) is 54.7 cm³/mol. The highest BCUT2D eigenvalue weighted by molar-refractivity contribution is 5.96. The summed E-state index contributed by atoms with van der Waals surface area (Å²) >= 11 is 0. The Morgan fingerprint density at radius 3 is 2.36 bits per heavy atom. The third-order valence-corrected chi connectivity index (χ3v) is 1.90. The molecule has 2 atom stereocenters. The molecule has 5 nitrogen and oxygen atoms in total. The number of primary amides is 1. The molecule has 14 heavy (non-hydrogen) atoms. The van der Waals surface area contributed by atoms with E-state index < -0.39 is 12.1 Å². The molecule has 5 heteroatoms. The van der Waals surface area contributed by atoms with Gasteiger partial charge in [-0.3, -0.25) is 10.1 Å². The van der Waals surface area contributed by atoms with Crippen LogP contribution in [0.3, 0.4) is 0 Å². The molecule has 4 N–H and O–H groups in total. The number of imide groups is 1. The van der Waals surface area contributed by atoms with Crippen molar-refractivity contribution in [2.24, 2.45) is 5.73 Å². The van der Waals surface area contributed by atoms with Gasteiger partial charge in [-0.05, 0) is 20.3 Å². The van der Waals surface area contributed by atoms with E-state index in [0.29, 0.717) is 0 Å². The topological polar surface area (TPSA) is 84.2 Å². The summed E-state index contributed by atoms with van der Waals surface area (Å²) in [5.74, 6) is -0.388. The van der Waals surface area contributed by atoms with Gasteiger partial charge in [-0.1, -0.05) is 13.3 Å². The first kappa shape index (κ1) is 12.9. The van der Waals surface area contributed by atoms with Crippen molar-refractivity contribution in [1.29, 1.82) is 0 Å². The summed E-state index contributed by atoms with van der Waals surface area (Å²) in [5.41, 5.74) is 4.82. The average Bonchev–Trinajstić information content (AvgIpc) is 2.02. The lowest BCUT2D eigenvalue weighted by Gasteiger charge is -2.18. The van der Waals surface area contributed by atoms with Crippen molar-refractivity contribution < 1.29 is 9.59 Å². The molecule has 2 unspecified atom stereocenters. The number of carbonyl (C=O) groups is 2. The fraction of sp³-hybridized carbons (Fsp3) is 0.778. The second-order valence-corrected chi connectivity index (χ2v) is 3.43. The van der Waals surface area contributed by atoms with E-state index in [2.05, 4.69) is 12.2 Å². The Bertz CT molecular complexity index is 206. The predicted octanol–water partition coefficient (Wildman–Crippen LogP) is 0.348. The zero-order valence-corrected chi connectivity index (χ0v) is 8.96. The number of urea groups is 1. The molecule has 0 heterocycles. The van der Waals surface area contributed by atoms with Crippen molar-refractivity contribution in [1.82, 2.24) is 10.6 Å². The zero-order valence-electron chi connectivity index (χ0n) is 8.96. The number of nitrogens with one attached hydrogen (secondary N) is 2. The van der Waals surface area contributed by atoms with Crippen LogP contribution in [0.5, 0.6) is 0 Å². The summed E-state index contributed by atoms with van der Waals surface area (Å²) in [4.78, 5) is 21.6. The molecule has 0 saturated heterocycles. The Morgan fingerprint density at radius 2 is 1.93 bits per heavy atom. The van der Waals surface area contributed by atoms with Gasteiger partial charge in [-0.15, -0.1) is 0 Å². The van der Waals surface area contributed by atoms with Crippen LogP contribution in [0.4, 0.5) is 4.79 Å². The Labute approximate surface area is 84.4 Å². The van der Waals surface area contributed by atoms with Crippen molar-refractivity contribution >= 4 is 11.9 Å². The minimum absolute atomic E-state index is 0.258. The molecule has 0 aromatic rings. The molecule has 82 valence electrons. The number of rotatable bonds is 5. The van der Waals surface area contributed by atoms with Crippen LogP contribution < -0.4 is 16.4 Å². The van der Waals surface area contributed by atoms with E-state index in [1.807, 2.05) is 12.2 Å². The highest BCUT2D eigenvalue weighted by atomic mass is 16.2. The van der Waals surface area contributed by atoms with Gasteiger partial charge in [0.05, 0.1) is 6.04 Å². The van der Waals surface area contributed by atoms with Crippen LogP contribution in [0.1, 0.15) is 33.6 Å². The monoisotopic (exact) mass is 201 g/mol. The fourth-order valence-electron chi connectivity index (χ4n) is 1.25. The molecule has 0 rings (SSSR count). The first-order chi connectivity index (χ1) is 6.47. The smallest absolute Gasteiger partial charge is 0.318 e. The Hall–Kier alpha value is -1.10. The molecule has 0 spiro atoms. The molecule has 0 aliphatic rings. The first-order valence-electron chi connectivity index (χ1n) is 4.83. The summed E-state index contributed by atoms with van der Waals surface area (Å²) in [6.45, 7) is 5.77. The van der Waals surface area contributed by atoms with Crippen LogP contribution in [0.15, 0.2) is 0 Å². The third-order valence-electron chi connectivity index (χ3n) is 1.90. The molecule has 0 saturated carbocycles. The second kappa shape index (κ2) is 6.37. The van der Waals surface area contributed by atoms with E-state index in [0.717, 1.165) is 12.8 Å². The van der Waals surface area contributed by atoms with Gasteiger partial charge >= 0.3 is 6.03 Å². The number of carbonyl (C=O) groups excluding carboxylic acids is 2. The van der Waals surface area contributed by atoms with Gasteiger partial charge in [-0.2, -0.15) is 0 Å². The van der Waals surface area contributed by atoms with E-state index in [4.69, 9.17) is 5.73 Å². The summed E-state index contributed by atoms with van der Waals surface area (Å²) in [6.07, 6.45) is 2.05. The van der Waals surface area contributed by atoms with Crippen molar-refractivity contribution in [2.45, 2.75) is 45.7 Å². The van der Waals surface area contributed by atoms with Gasteiger partial charge in [0, 0.05) is 6.04 Å². The Balaban J connectivity index is 3.88. The van der Waals surface area contributed by atoms with Gasteiger partial charge < -0.3 is 11.1 Å². The van der Waals surface area contributed by atoms with Crippen LogP contribution in [0, 0.1) is 0 Å². The highest BCUT2D eigenvalue weighted by Crippen LogP contribution is 1.96. The quantitative estimate of drug-likeness (QED) is 0.600. The molecular formula is C9H19N3O2. The molecule has 0 aromatic carbocycles. The molecule has 0 radical (unpaired) electrons. The van der Waals surface area contributed by atoms with E-state index in [-0.39, 0.29) is 11.9 Å². The van der Waals surface area contributed by atoms with Crippen molar-refractivity contribution in [2.75, 3.05) is 0 Å². The number of hydrogen-bond donors (Lipinski definition) is 3. The number of nitrogens with two attached hydrogens (primary N) is 1. The van der Waals surface area contributed by atoms with Crippen molar-refractivity contribution in [3.63, 3.8) is 0 Å². The van der Waals surface area contributed by atoms with E-state index in [1.165, 1.54) is 0 Å².